The number of unbranched alkanes of at least 4 members (excludes halogenated alkanes) is 2. The van der Waals surface area contributed by atoms with E-state index in [4.69, 9.17) is 21.1 Å². The molecule has 1 atom stereocenters. The maximum Gasteiger partial charge on any atom is 0.317 e. The molecular weight excluding hydrogens is 230 g/mol. The van der Waals surface area contributed by atoms with E-state index in [9.17, 15) is 0 Å². The average Bonchev–Trinajstić information content (AvgIpc) is 2.73. The molecule has 6 heteroatoms. The van der Waals surface area contributed by atoms with E-state index < -0.39 is 0 Å². The number of aliphatic hydroxyl groups is 1. The van der Waals surface area contributed by atoms with Gasteiger partial charge in [0.15, 0.2) is 0 Å². The van der Waals surface area contributed by atoms with Crippen molar-refractivity contribution >= 4 is 17.6 Å². The van der Waals surface area contributed by atoms with Crippen molar-refractivity contribution in [2.24, 2.45) is 0 Å². The van der Waals surface area contributed by atoms with Crippen molar-refractivity contribution in [3.63, 3.8) is 0 Å². The summed E-state index contributed by atoms with van der Waals surface area (Å²) in [4.78, 5) is 1.90. The summed E-state index contributed by atoms with van der Waals surface area (Å²) in [6.07, 6.45) is 2.82. The molecule has 1 aromatic rings. The predicted molar refractivity (Wildman–Crippen MR) is 62.8 cm³/mol. The molecule has 1 rings (SSSR count). The van der Waals surface area contributed by atoms with Gasteiger partial charge in [0.05, 0.1) is 0 Å². The second kappa shape index (κ2) is 6.70. The van der Waals surface area contributed by atoms with Crippen LogP contribution < -0.4 is 4.90 Å². The van der Waals surface area contributed by atoms with E-state index in [1.165, 1.54) is 0 Å². The zero-order valence-electron chi connectivity index (χ0n) is 9.69. The number of hydrogen-bond acceptors (Lipinski definition) is 5. The summed E-state index contributed by atoms with van der Waals surface area (Å²) < 4.78 is 5.39. The molecule has 0 radical (unpaired) electrons. The van der Waals surface area contributed by atoms with Gasteiger partial charge >= 0.3 is 6.01 Å². The van der Waals surface area contributed by atoms with Crippen LogP contribution >= 0.6 is 11.6 Å². The molecule has 0 saturated carbocycles. The van der Waals surface area contributed by atoms with Crippen LogP contribution in [0.2, 0.25) is 0 Å². The van der Waals surface area contributed by atoms with E-state index >= 15 is 0 Å². The van der Waals surface area contributed by atoms with E-state index in [0.717, 1.165) is 25.8 Å². The lowest BCUT2D eigenvalue weighted by Gasteiger charge is -2.12. The molecule has 1 N–H and O–H groups in total. The zero-order valence-corrected chi connectivity index (χ0v) is 10.4. The Bertz CT molecular complexity index is 304. The predicted octanol–water partition coefficient (Wildman–Crippen LogP) is 1.97. The van der Waals surface area contributed by atoms with Crippen LogP contribution in [0.1, 0.15) is 37.5 Å². The number of nitrogens with zero attached hydrogens (tertiary/aromatic N) is 3. The van der Waals surface area contributed by atoms with E-state index in [2.05, 4.69) is 10.2 Å². The number of anilines is 1. The molecule has 92 valence electrons. The molecule has 0 fully saturated rings. The molecule has 0 aromatic carbocycles. The first-order valence-electron chi connectivity index (χ1n) is 5.44. The molecule has 1 heterocycles. The lowest BCUT2D eigenvalue weighted by molar-refractivity contribution is 0.283. The third-order valence-electron chi connectivity index (χ3n) is 2.25. The maximum atomic E-state index is 8.64. The minimum Gasteiger partial charge on any atom is -0.406 e. The summed E-state index contributed by atoms with van der Waals surface area (Å²) in [7, 11) is 1.90. The first-order chi connectivity index (χ1) is 7.65. The van der Waals surface area contributed by atoms with Crippen LogP contribution in [-0.2, 0) is 0 Å². The largest absolute Gasteiger partial charge is 0.406 e. The first-order valence-corrected chi connectivity index (χ1v) is 5.88. The van der Waals surface area contributed by atoms with Gasteiger partial charge in [-0.25, -0.2) is 0 Å². The van der Waals surface area contributed by atoms with Gasteiger partial charge in [-0.15, -0.1) is 16.7 Å². The third-order valence-corrected chi connectivity index (χ3v) is 2.44. The molecule has 0 saturated heterocycles. The Morgan fingerprint density at radius 1 is 1.38 bits per heavy atom. The lowest BCUT2D eigenvalue weighted by Crippen LogP contribution is -2.18. The highest BCUT2D eigenvalue weighted by molar-refractivity contribution is 6.20. The highest BCUT2D eigenvalue weighted by Gasteiger charge is 2.13. The summed E-state index contributed by atoms with van der Waals surface area (Å²) in [6.45, 7) is 2.87. The van der Waals surface area contributed by atoms with Gasteiger partial charge in [-0.05, 0) is 26.2 Å². The second-order valence-corrected chi connectivity index (χ2v) is 4.40. The summed E-state index contributed by atoms with van der Waals surface area (Å²) in [5.74, 6) is 0.443. The molecule has 0 aliphatic rings. The maximum absolute atomic E-state index is 8.64. The summed E-state index contributed by atoms with van der Waals surface area (Å²) >= 11 is 5.82. The van der Waals surface area contributed by atoms with Crippen molar-refractivity contribution in [3.8, 4) is 0 Å². The molecule has 5 nitrogen and oxygen atoms in total. The zero-order chi connectivity index (χ0) is 12.0. The molecule has 1 aromatic heterocycles. The minimum absolute atomic E-state index is 0.248. The summed E-state index contributed by atoms with van der Waals surface area (Å²) in [5.41, 5.74) is 0. The highest BCUT2D eigenvalue weighted by Crippen LogP contribution is 2.20. The molecule has 16 heavy (non-hydrogen) atoms. The van der Waals surface area contributed by atoms with Gasteiger partial charge in [-0.1, -0.05) is 5.10 Å². The normalized spacial score (nSPS) is 12.8. The molecule has 0 amide bonds. The molecule has 0 bridgehead atoms. The molecular formula is C10H18ClN3O2. The van der Waals surface area contributed by atoms with Crippen LogP contribution in [0.25, 0.3) is 0 Å². The van der Waals surface area contributed by atoms with Crippen molar-refractivity contribution in [2.75, 3.05) is 25.1 Å². The Morgan fingerprint density at radius 3 is 2.69 bits per heavy atom. The molecule has 1 unspecified atom stereocenters. The Labute approximate surface area is 100 Å². The van der Waals surface area contributed by atoms with Gasteiger partial charge in [0.2, 0.25) is 5.89 Å². The van der Waals surface area contributed by atoms with Crippen LogP contribution in [-0.4, -0.2) is 35.5 Å². The number of hydrogen-bond donors (Lipinski definition) is 1. The van der Waals surface area contributed by atoms with Gasteiger partial charge in [-0.3, -0.25) is 0 Å². The topological polar surface area (TPSA) is 62.4 Å². The van der Waals surface area contributed by atoms with Crippen molar-refractivity contribution < 1.29 is 9.52 Å². The fraction of sp³-hybridized carbons (Fsp3) is 0.800. The fourth-order valence-electron chi connectivity index (χ4n) is 1.27. The van der Waals surface area contributed by atoms with Gasteiger partial charge in [0, 0.05) is 20.2 Å². The third kappa shape index (κ3) is 3.98. The van der Waals surface area contributed by atoms with Crippen molar-refractivity contribution in [2.45, 2.75) is 31.6 Å². The highest BCUT2D eigenvalue weighted by atomic mass is 35.5. The lowest BCUT2D eigenvalue weighted by atomic mass is 10.2. The van der Waals surface area contributed by atoms with Gasteiger partial charge < -0.3 is 14.4 Å². The fourth-order valence-corrected chi connectivity index (χ4v) is 1.36. The van der Waals surface area contributed by atoms with E-state index in [1.807, 2.05) is 11.9 Å². The van der Waals surface area contributed by atoms with E-state index in [0.29, 0.717) is 11.9 Å². The monoisotopic (exact) mass is 247 g/mol. The Kier molecular flexibility index (Phi) is 5.55. The number of halogens is 1. The van der Waals surface area contributed by atoms with Gasteiger partial charge in [0.1, 0.15) is 5.38 Å². The minimum atomic E-state index is -0.260. The van der Waals surface area contributed by atoms with E-state index in [-0.39, 0.29) is 12.0 Å². The number of alkyl halides is 1. The first kappa shape index (κ1) is 13.3. The van der Waals surface area contributed by atoms with Crippen LogP contribution in [0.15, 0.2) is 4.42 Å². The van der Waals surface area contributed by atoms with E-state index in [1.54, 1.807) is 6.92 Å². The summed E-state index contributed by atoms with van der Waals surface area (Å²) in [6, 6.07) is 0.492. The van der Waals surface area contributed by atoms with Crippen LogP contribution in [0.5, 0.6) is 0 Å². The average molecular weight is 248 g/mol. The smallest absolute Gasteiger partial charge is 0.317 e. The molecule has 0 spiro atoms. The number of rotatable bonds is 7. The molecule has 0 aliphatic heterocycles. The molecule has 0 aliphatic carbocycles. The summed E-state index contributed by atoms with van der Waals surface area (Å²) in [5, 5.41) is 16.1. The van der Waals surface area contributed by atoms with Crippen LogP contribution in [0, 0.1) is 0 Å². The number of aromatic nitrogens is 2. The number of aliphatic hydroxyl groups excluding tert-OH is 1. The Hall–Kier alpha value is -0.810. The Morgan fingerprint density at radius 2 is 2.12 bits per heavy atom. The van der Waals surface area contributed by atoms with Crippen molar-refractivity contribution in [3.05, 3.63) is 5.89 Å². The quantitative estimate of drug-likeness (QED) is 0.590. The van der Waals surface area contributed by atoms with Crippen LogP contribution in [0.4, 0.5) is 6.01 Å². The van der Waals surface area contributed by atoms with Gasteiger partial charge in [0.25, 0.3) is 0 Å². The van der Waals surface area contributed by atoms with Crippen LogP contribution in [0.3, 0.4) is 0 Å². The standard InChI is InChI=1S/C10H18ClN3O2/c1-8(11)9-12-13-10(16-9)14(2)6-4-3-5-7-15/h8,15H,3-7H2,1-2H3. The van der Waals surface area contributed by atoms with Crippen molar-refractivity contribution in [1.82, 2.24) is 10.2 Å². The van der Waals surface area contributed by atoms with Crippen molar-refractivity contribution in [1.29, 1.82) is 0 Å². The second-order valence-electron chi connectivity index (χ2n) is 3.74. The Balaban J connectivity index is 2.37. The SMILES string of the molecule is CC(Cl)c1nnc(N(C)CCCCCO)o1. The van der Waals surface area contributed by atoms with Gasteiger partial charge in [-0.2, -0.15) is 0 Å².